The van der Waals surface area contributed by atoms with Crippen LogP contribution in [0, 0.1) is 0 Å². The topological polar surface area (TPSA) is 72.3 Å². The average Bonchev–Trinajstić information content (AvgIpc) is 3.34. The van der Waals surface area contributed by atoms with Crippen molar-refractivity contribution in [2.24, 2.45) is 0 Å². The largest absolute Gasteiger partial charge is 0.465 e. The van der Waals surface area contributed by atoms with Crippen LogP contribution in [0.4, 0.5) is 0 Å². The molecule has 3 aromatic rings. The van der Waals surface area contributed by atoms with Crippen molar-refractivity contribution in [3.8, 4) is 5.69 Å². The Morgan fingerprint density at radius 3 is 2.72 bits per heavy atom. The second kappa shape index (κ2) is 8.40. The second-order valence-electron chi connectivity index (χ2n) is 6.57. The Morgan fingerprint density at radius 1 is 1.17 bits per heavy atom. The number of aromatic nitrogens is 3. The van der Waals surface area contributed by atoms with Gasteiger partial charge in [-0.1, -0.05) is 6.07 Å². The van der Waals surface area contributed by atoms with Gasteiger partial charge in [0.05, 0.1) is 24.4 Å². The molecule has 7 nitrogen and oxygen atoms in total. The monoisotopic (exact) mass is 407 g/mol. The van der Waals surface area contributed by atoms with Gasteiger partial charge in [0.1, 0.15) is 6.54 Å². The molecule has 1 fully saturated rings. The maximum atomic E-state index is 12.3. The van der Waals surface area contributed by atoms with E-state index in [1.165, 1.54) is 0 Å². The van der Waals surface area contributed by atoms with Crippen LogP contribution in [-0.2, 0) is 9.53 Å². The Balaban J connectivity index is 1.77. The third kappa shape index (κ3) is 3.84. The first-order valence-electron chi connectivity index (χ1n) is 9.40. The number of rotatable bonds is 6. The van der Waals surface area contributed by atoms with Gasteiger partial charge in [0, 0.05) is 36.2 Å². The Kier molecular flexibility index (Phi) is 5.53. The van der Waals surface area contributed by atoms with Gasteiger partial charge < -0.3 is 19.5 Å². The first kappa shape index (κ1) is 19.1. The first-order chi connectivity index (χ1) is 14.2. The summed E-state index contributed by atoms with van der Waals surface area (Å²) in [5.74, 6) is -0.315. The van der Waals surface area contributed by atoms with E-state index in [0.29, 0.717) is 11.7 Å². The molecule has 1 N–H and O–H groups in total. The van der Waals surface area contributed by atoms with Crippen LogP contribution < -0.4 is 5.32 Å². The molecule has 0 spiro atoms. The molecular formula is C21H21N5O2S. The fraction of sp³-hybridized carbons (Fsp3) is 0.238. The van der Waals surface area contributed by atoms with Crippen LogP contribution in [-0.4, -0.2) is 43.7 Å². The molecule has 0 amide bonds. The zero-order valence-electron chi connectivity index (χ0n) is 15.9. The van der Waals surface area contributed by atoms with Gasteiger partial charge in [-0.05, 0) is 55.5 Å². The van der Waals surface area contributed by atoms with Crippen molar-refractivity contribution < 1.29 is 9.53 Å². The zero-order chi connectivity index (χ0) is 20.2. The minimum atomic E-state index is -0.315. The highest BCUT2D eigenvalue weighted by Crippen LogP contribution is 2.39. The summed E-state index contributed by atoms with van der Waals surface area (Å²) in [7, 11) is 0. The van der Waals surface area contributed by atoms with Gasteiger partial charge in [-0.2, -0.15) is 0 Å². The van der Waals surface area contributed by atoms with Crippen LogP contribution >= 0.6 is 12.2 Å². The first-order valence-corrected chi connectivity index (χ1v) is 9.81. The van der Waals surface area contributed by atoms with E-state index < -0.39 is 0 Å². The SMILES string of the molecule is CCOC(=O)CN1C(=S)N[C@H](c2ccccn2)[C@@H]1c1cccn1-c1ccncc1. The van der Waals surface area contributed by atoms with Gasteiger partial charge in [-0.15, -0.1) is 0 Å². The number of hydrogen-bond donors (Lipinski definition) is 1. The third-order valence-electron chi connectivity index (χ3n) is 4.83. The molecular weight excluding hydrogens is 386 g/mol. The van der Waals surface area contributed by atoms with Gasteiger partial charge in [-0.3, -0.25) is 14.8 Å². The lowest BCUT2D eigenvalue weighted by Crippen LogP contribution is -2.36. The third-order valence-corrected chi connectivity index (χ3v) is 5.18. The van der Waals surface area contributed by atoms with E-state index in [9.17, 15) is 4.79 Å². The maximum Gasteiger partial charge on any atom is 0.325 e. The minimum Gasteiger partial charge on any atom is -0.465 e. The summed E-state index contributed by atoms with van der Waals surface area (Å²) in [6.45, 7) is 2.19. The number of nitrogens with zero attached hydrogens (tertiary/aromatic N) is 4. The summed E-state index contributed by atoms with van der Waals surface area (Å²) in [6.07, 6.45) is 7.25. The van der Waals surface area contributed by atoms with E-state index in [2.05, 4.69) is 19.9 Å². The summed E-state index contributed by atoms with van der Waals surface area (Å²) in [6, 6.07) is 13.2. The summed E-state index contributed by atoms with van der Waals surface area (Å²) >= 11 is 5.59. The number of hydrogen-bond acceptors (Lipinski definition) is 5. The minimum absolute atomic E-state index is 0.0647. The van der Waals surface area contributed by atoms with Crippen molar-refractivity contribution in [2.45, 2.75) is 19.0 Å². The molecule has 8 heteroatoms. The molecule has 1 aliphatic rings. The number of carbonyl (C=O) groups excluding carboxylic acids is 1. The Hall–Kier alpha value is -3.26. The van der Waals surface area contributed by atoms with Crippen LogP contribution in [0.2, 0.25) is 0 Å². The van der Waals surface area contributed by atoms with E-state index >= 15 is 0 Å². The smallest absolute Gasteiger partial charge is 0.325 e. The average molecular weight is 407 g/mol. The summed E-state index contributed by atoms with van der Waals surface area (Å²) in [4.78, 5) is 22.8. The summed E-state index contributed by atoms with van der Waals surface area (Å²) < 4.78 is 7.25. The highest BCUT2D eigenvalue weighted by atomic mass is 32.1. The predicted molar refractivity (Wildman–Crippen MR) is 112 cm³/mol. The van der Waals surface area contributed by atoms with Crippen molar-refractivity contribution in [1.29, 1.82) is 0 Å². The molecule has 4 rings (SSSR count). The van der Waals surface area contributed by atoms with E-state index in [4.69, 9.17) is 17.0 Å². The fourth-order valence-corrected chi connectivity index (χ4v) is 3.92. The van der Waals surface area contributed by atoms with Crippen LogP contribution in [0.3, 0.4) is 0 Å². The lowest BCUT2D eigenvalue weighted by atomic mass is 10.0. The van der Waals surface area contributed by atoms with Gasteiger partial charge in [0.15, 0.2) is 5.11 Å². The number of ether oxygens (including phenoxy) is 1. The molecule has 1 aliphatic heterocycles. The maximum absolute atomic E-state index is 12.3. The van der Waals surface area contributed by atoms with Crippen LogP contribution in [0.15, 0.2) is 67.3 Å². The van der Waals surface area contributed by atoms with Crippen LogP contribution in [0.5, 0.6) is 0 Å². The summed E-state index contributed by atoms with van der Waals surface area (Å²) in [5, 5.41) is 3.85. The van der Waals surface area contributed by atoms with Crippen molar-refractivity contribution in [3.05, 3.63) is 78.6 Å². The molecule has 0 saturated carbocycles. The zero-order valence-corrected chi connectivity index (χ0v) is 16.7. The standard InChI is InChI=1S/C21H21N5O2S/c1-2-28-18(27)14-26-20(19(24-21(26)29)16-6-3-4-10-23-16)17-7-5-13-25(17)15-8-11-22-12-9-15/h3-13,19-20H,2,14H2,1H3,(H,24,29)/t19-,20+/m1/s1. The molecule has 4 heterocycles. The quantitative estimate of drug-likeness (QED) is 0.498. The van der Waals surface area contributed by atoms with Crippen LogP contribution in [0.25, 0.3) is 5.69 Å². The van der Waals surface area contributed by atoms with Crippen molar-refractivity contribution >= 4 is 23.3 Å². The van der Waals surface area contributed by atoms with E-state index in [1.54, 1.807) is 25.5 Å². The Morgan fingerprint density at radius 2 is 2.00 bits per heavy atom. The predicted octanol–water partition coefficient (Wildman–Crippen LogP) is 2.80. The number of nitrogens with one attached hydrogen (secondary N) is 1. The molecule has 0 aromatic carbocycles. The summed E-state index contributed by atoms with van der Waals surface area (Å²) in [5.41, 5.74) is 2.82. The Bertz CT molecular complexity index is 993. The highest BCUT2D eigenvalue weighted by molar-refractivity contribution is 7.80. The van der Waals surface area contributed by atoms with Crippen molar-refractivity contribution in [2.75, 3.05) is 13.2 Å². The molecule has 0 radical (unpaired) electrons. The molecule has 148 valence electrons. The molecule has 3 aromatic heterocycles. The van der Waals surface area contributed by atoms with E-state index in [1.807, 2.05) is 53.6 Å². The van der Waals surface area contributed by atoms with Crippen LogP contribution in [0.1, 0.15) is 30.4 Å². The van der Waals surface area contributed by atoms with Crippen molar-refractivity contribution in [1.82, 2.24) is 24.8 Å². The molecule has 29 heavy (non-hydrogen) atoms. The van der Waals surface area contributed by atoms with Gasteiger partial charge in [0.2, 0.25) is 0 Å². The number of carbonyl (C=O) groups is 1. The van der Waals surface area contributed by atoms with Crippen molar-refractivity contribution in [3.63, 3.8) is 0 Å². The number of esters is 1. The number of thiocarbonyl (C=S) groups is 1. The molecule has 0 aliphatic carbocycles. The second-order valence-corrected chi connectivity index (χ2v) is 6.95. The van der Waals surface area contributed by atoms with E-state index in [0.717, 1.165) is 17.1 Å². The van der Waals surface area contributed by atoms with Gasteiger partial charge >= 0.3 is 5.97 Å². The molecule has 0 unspecified atom stereocenters. The Labute approximate surface area is 174 Å². The molecule has 2 atom stereocenters. The lowest BCUT2D eigenvalue weighted by Gasteiger charge is -2.28. The van der Waals surface area contributed by atoms with Gasteiger partial charge in [-0.25, -0.2) is 0 Å². The highest BCUT2D eigenvalue weighted by Gasteiger charge is 2.42. The molecule has 1 saturated heterocycles. The van der Waals surface area contributed by atoms with Gasteiger partial charge in [0.25, 0.3) is 0 Å². The number of pyridine rings is 2. The fourth-order valence-electron chi connectivity index (χ4n) is 3.62. The van der Waals surface area contributed by atoms with E-state index in [-0.39, 0.29) is 24.6 Å². The molecule has 0 bridgehead atoms. The lowest BCUT2D eigenvalue weighted by molar-refractivity contribution is -0.143. The normalized spacial score (nSPS) is 18.5.